The quantitative estimate of drug-likeness (QED) is 0.761. The maximum Gasteiger partial charge on any atom is 0.409 e. The molecule has 2 aliphatic heterocycles. The van der Waals surface area contributed by atoms with Crippen LogP contribution in [0, 0.1) is 11.8 Å². The highest BCUT2D eigenvalue weighted by Gasteiger charge is 2.29. The third-order valence-electron chi connectivity index (χ3n) is 5.37. The Labute approximate surface area is 178 Å². The number of carbonyl (C=O) groups is 1. The van der Waals surface area contributed by atoms with Gasteiger partial charge in [0.05, 0.1) is 11.5 Å². The predicted molar refractivity (Wildman–Crippen MR) is 116 cm³/mol. The maximum atomic E-state index is 11.9. The molecule has 1 aromatic heterocycles. The number of piperidine rings is 1. The molecule has 0 saturated carbocycles. The molecule has 0 aromatic carbocycles. The van der Waals surface area contributed by atoms with E-state index in [2.05, 4.69) is 33.8 Å². The Hall–Kier alpha value is -1.59. The lowest BCUT2D eigenvalue weighted by Gasteiger charge is -2.43. The van der Waals surface area contributed by atoms with Crippen molar-refractivity contribution in [3.05, 3.63) is 21.9 Å². The van der Waals surface area contributed by atoms with Crippen LogP contribution in [0.5, 0.6) is 0 Å². The van der Waals surface area contributed by atoms with Gasteiger partial charge in [-0.05, 0) is 52.3 Å². The number of rotatable bonds is 4. The highest BCUT2D eigenvalue weighted by atomic mass is 32.1. The molecule has 3 heterocycles. The summed E-state index contributed by atoms with van der Waals surface area (Å²) in [6.45, 7) is 12.2. The molecular weight excluding hydrogens is 386 g/mol. The average molecular weight is 420 g/mol. The zero-order chi connectivity index (χ0) is 20.9. The van der Waals surface area contributed by atoms with Crippen LogP contribution in [0.2, 0.25) is 0 Å². The van der Waals surface area contributed by atoms with Crippen LogP contribution in [0.4, 0.5) is 4.79 Å². The topological polar surface area (TPSA) is 56.2 Å². The Morgan fingerprint density at radius 3 is 2.72 bits per heavy atom. The molecule has 29 heavy (non-hydrogen) atoms. The fourth-order valence-corrected chi connectivity index (χ4v) is 4.83. The Kier molecular flexibility index (Phi) is 7.58. The lowest BCUT2D eigenvalue weighted by Crippen LogP contribution is -2.55. The van der Waals surface area contributed by atoms with Gasteiger partial charge in [-0.1, -0.05) is 11.8 Å². The van der Waals surface area contributed by atoms with E-state index in [1.807, 2.05) is 11.8 Å². The van der Waals surface area contributed by atoms with Gasteiger partial charge in [0, 0.05) is 50.2 Å². The first-order valence-electron chi connectivity index (χ1n) is 10.6. The molecule has 0 bridgehead atoms. The maximum absolute atomic E-state index is 11.9. The molecule has 3 rings (SSSR count). The van der Waals surface area contributed by atoms with Gasteiger partial charge in [-0.15, -0.1) is 11.3 Å². The number of hydrogen-bond acceptors (Lipinski definition) is 6. The summed E-state index contributed by atoms with van der Waals surface area (Å²) in [6, 6.07) is 4.76. The van der Waals surface area contributed by atoms with Crippen molar-refractivity contribution in [3.8, 4) is 11.8 Å². The summed E-state index contributed by atoms with van der Waals surface area (Å²) in [7, 11) is 0. The molecule has 2 aliphatic rings. The van der Waals surface area contributed by atoms with Crippen LogP contribution < -0.4 is 0 Å². The second kappa shape index (κ2) is 9.94. The van der Waals surface area contributed by atoms with Gasteiger partial charge >= 0.3 is 6.09 Å². The number of nitrogens with zero attached hydrogens (tertiary/aromatic N) is 3. The van der Waals surface area contributed by atoms with E-state index in [1.54, 1.807) is 25.2 Å². The zero-order valence-electron chi connectivity index (χ0n) is 17.8. The van der Waals surface area contributed by atoms with E-state index < -0.39 is 5.60 Å². The minimum atomic E-state index is -0.957. The van der Waals surface area contributed by atoms with Crippen molar-refractivity contribution >= 4 is 17.4 Å². The lowest BCUT2D eigenvalue weighted by molar-refractivity contribution is 0.0414. The van der Waals surface area contributed by atoms with E-state index in [9.17, 15) is 9.90 Å². The fourth-order valence-electron chi connectivity index (χ4n) is 3.92. The largest absolute Gasteiger partial charge is 0.450 e. The Bertz CT molecular complexity index is 738. The lowest BCUT2D eigenvalue weighted by atomic mass is 10.0. The first kappa shape index (κ1) is 22.1. The van der Waals surface area contributed by atoms with Crippen LogP contribution in [-0.4, -0.2) is 83.4 Å². The fraction of sp³-hybridized carbons (Fsp3) is 0.682. The van der Waals surface area contributed by atoms with Crippen LogP contribution in [0.3, 0.4) is 0 Å². The van der Waals surface area contributed by atoms with Gasteiger partial charge in [-0.25, -0.2) is 4.79 Å². The molecular formula is C22H33N3O3S. The van der Waals surface area contributed by atoms with Crippen molar-refractivity contribution in [2.75, 3.05) is 45.9 Å². The number of amides is 1. The van der Waals surface area contributed by atoms with Crippen molar-refractivity contribution in [3.63, 3.8) is 0 Å². The molecule has 2 saturated heterocycles. The van der Waals surface area contributed by atoms with E-state index in [0.717, 1.165) is 50.7 Å². The van der Waals surface area contributed by atoms with Crippen LogP contribution >= 0.6 is 11.3 Å². The summed E-state index contributed by atoms with van der Waals surface area (Å²) in [5.41, 5.74) is -0.957. The summed E-state index contributed by atoms with van der Waals surface area (Å²) in [6.07, 6.45) is 2.25. The van der Waals surface area contributed by atoms with Gasteiger partial charge in [0.2, 0.25) is 0 Å². The van der Waals surface area contributed by atoms with E-state index >= 15 is 0 Å². The molecule has 7 heteroatoms. The molecule has 2 fully saturated rings. The molecule has 1 amide bonds. The van der Waals surface area contributed by atoms with Crippen molar-refractivity contribution in [1.82, 2.24) is 14.7 Å². The van der Waals surface area contributed by atoms with Gasteiger partial charge in [0.1, 0.15) is 5.60 Å². The Morgan fingerprint density at radius 1 is 1.28 bits per heavy atom. The Morgan fingerprint density at radius 2 is 2.03 bits per heavy atom. The molecule has 1 atom stereocenters. The SMILES string of the molecule is CCOC(=O)N1CCN([C@H]2CCCN(Cc3ccc(C#CC(C)(C)O)s3)C2)CC1. The molecule has 0 spiro atoms. The van der Waals surface area contributed by atoms with Crippen LogP contribution in [0.1, 0.15) is 43.4 Å². The smallest absolute Gasteiger partial charge is 0.409 e. The minimum Gasteiger partial charge on any atom is -0.450 e. The van der Waals surface area contributed by atoms with Crippen LogP contribution in [-0.2, 0) is 11.3 Å². The normalized spacial score (nSPS) is 21.5. The highest BCUT2D eigenvalue weighted by molar-refractivity contribution is 7.12. The zero-order valence-corrected chi connectivity index (χ0v) is 18.6. The number of likely N-dealkylation sites (tertiary alicyclic amines) is 1. The van der Waals surface area contributed by atoms with E-state index in [4.69, 9.17) is 4.74 Å². The minimum absolute atomic E-state index is 0.182. The van der Waals surface area contributed by atoms with Gasteiger partial charge in [-0.2, -0.15) is 0 Å². The van der Waals surface area contributed by atoms with E-state index in [0.29, 0.717) is 12.6 Å². The molecule has 160 valence electrons. The standard InChI is InChI=1S/C22H33N3O3S/c1-4-28-21(26)25-14-12-24(13-15-25)18-6-5-11-23(16-18)17-20-8-7-19(29-20)9-10-22(2,3)27/h7-8,18,27H,4-6,11-17H2,1-3H3/t18-/m0/s1. The van der Waals surface area contributed by atoms with Crippen molar-refractivity contribution < 1.29 is 14.6 Å². The van der Waals surface area contributed by atoms with Crippen molar-refractivity contribution in [2.45, 2.75) is 51.8 Å². The third-order valence-corrected chi connectivity index (χ3v) is 6.36. The molecule has 0 unspecified atom stereocenters. The second-order valence-electron chi connectivity index (χ2n) is 8.33. The first-order valence-corrected chi connectivity index (χ1v) is 11.4. The molecule has 1 N–H and O–H groups in total. The number of hydrogen-bond donors (Lipinski definition) is 1. The number of thiophene rings is 1. The van der Waals surface area contributed by atoms with Crippen molar-refractivity contribution in [1.29, 1.82) is 0 Å². The van der Waals surface area contributed by atoms with Crippen LogP contribution in [0.15, 0.2) is 12.1 Å². The number of carbonyl (C=O) groups excluding carboxylic acids is 1. The van der Waals surface area contributed by atoms with Crippen LogP contribution in [0.25, 0.3) is 0 Å². The number of piperazine rings is 1. The second-order valence-corrected chi connectivity index (χ2v) is 9.50. The summed E-state index contributed by atoms with van der Waals surface area (Å²) < 4.78 is 5.12. The van der Waals surface area contributed by atoms with Crippen molar-refractivity contribution in [2.24, 2.45) is 0 Å². The highest BCUT2D eigenvalue weighted by Crippen LogP contribution is 2.23. The summed E-state index contributed by atoms with van der Waals surface area (Å²) in [5.74, 6) is 5.96. The summed E-state index contributed by atoms with van der Waals surface area (Å²) >= 11 is 1.71. The molecule has 1 aromatic rings. The van der Waals surface area contributed by atoms with Gasteiger partial charge in [0.15, 0.2) is 0 Å². The number of ether oxygens (including phenoxy) is 1. The van der Waals surface area contributed by atoms with E-state index in [-0.39, 0.29) is 6.09 Å². The summed E-state index contributed by atoms with van der Waals surface area (Å²) in [4.78, 5) is 21.1. The van der Waals surface area contributed by atoms with E-state index in [1.165, 1.54) is 17.7 Å². The number of aliphatic hydroxyl groups is 1. The first-order chi connectivity index (χ1) is 13.8. The molecule has 0 aliphatic carbocycles. The Balaban J connectivity index is 1.49. The van der Waals surface area contributed by atoms with Gasteiger partial charge in [-0.3, -0.25) is 9.80 Å². The molecule has 6 nitrogen and oxygen atoms in total. The summed E-state index contributed by atoms with van der Waals surface area (Å²) in [5, 5.41) is 9.76. The monoisotopic (exact) mass is 419 g/mol. The van der Waals surface area contributed by atoms with Gasteiger partial charge < -0.3 is 14.7 Å². The average Bonchev–Trinajstić information content (AvgIpc) is 3.14. The predicted octanol–water partition coefficient (Wildman–Crippen LogP) is 2.61. The van der Waals surface area contributed by atoms with Gasteiger partial charge in [0.25, 0.3) is 0 Å². The molecule has 0 radical (unpaired) electrons. The third kappa shape index (κ3) is 6.71.